The summed E-state index contributed by atoms with van der Waals surface area (Å²) in [5.41, 5.74) is 4.42. The lowest BCUT2D eigenvalue weighted by Gasteiger charge is -2.16. The van der Waals surface area contributed by atoms with Crippen molar-refractivity contribution in [3.63, 3.8) is 0 Å². The van der Waals surface area contributed by atoms with Crippen LogP contribution in [0.4, 0.5) is 5.69 Å². The Hall–Kier alpha value is -1.55. The zero-order valence-electron chi connectivity index (χ0n) is 11.0. The molecule has 2 aromatic rings. The van der Waals surface area contributed by atoms with Gasteiger partial charge in [-0.15, -0.1) is 0 Å². The molecule has 4 nitrogen and oxygen atoms in total. The standard InChI is InChI=1S/C13H17ClN4/c1-8(13-9(2)17-18(4)10(13)3)16-11-5-6-15-12(14)7-11/h5-8H,1-4H3,(H,15,16). The fourth-order valence-electron chi connectivity index (χ4n) is 2.23. The molecule has 2 rings (SSSR count). The minimum Gasteiger partial charge on any atom is -0.378 e. The van der Waals surface area contributed by atoms with Crippen LogP contribution in [0.1, 0.15) is 29.9 Å². The van der Waals surface area contributed by atoms with Crippen molar-refractivity contribution in [2.24, 2.45) is 7.05 Å². The van der Waals surface area contributed by atoms with Gasteiger partial charge in [-0.1, -0.05) is 11.6 Å². The quantitative estimate of drug-likeness (QED) is 0.866. The molecule has 1 atom stereocenters. The molecule has 96 valence electrons. The molecule has 0 amide bonds. The van der Waals surface area contributed by atoms with Gasteiger partial charge in [0, 0.05) is 30.2 Å². The Bertz CT molecular complexity index is 562. The van der Waals surface area contributed by atoms with E-state index in [1.165, 1.54) is 11.3 Å². The predicted molar refractivity (Wildman–Crippen MR) is 74.0 cm³/mol. The van der Waals surface area contributed by atoms with E-state index in [2.05, 4.69) is 29.2 Å². The highest BCUT2D eigenvalue weighted by molar-refractivity contribution is 6.29. The van der Waals surface area contributed by atoms with Gasteiger partial charge in [0.05, 0.1) is 11.7 Å². The number of aromatic nitrogens is 3. The molecule has 0 saturated carbocycles. The summed E-state index contributed by atoms with van der Waals surface area (Å²) in [6.07, 6.45) is 1.69. The number of nitrogens with zero attached hydrogens (tertiary/aromatic N) is 3. The van der Waals surface area contributed by atoms with Crippen LogP contribution < -0.4 is 5.32 Å². The first-order chi connectivity index (χ1) is 8.49. The maximum absolute atomic E-state index is 5.87. The summed E-state index contributed by atoms with van der Waals surface area (Å²) >= 11 is 5.87. The molecule has 1 N–H and O–H groups in total. The Morgan fingerprint density at radius 2 is 2.11 bits per heavy atom. The third kappa shape index (κ3) is 2.48. The van der Waals surface area contributed by atoms with Crippen molar-refractivity contribution in [3.05, 3.63) is 40.4 Å². The topological polar surface area (TPSA) is 42.7 Å². The summed E-state index contributed by atoms with van der Waals surface area (Å²) in [5.74, 6) is 0. The van der Waals surface area contributed by atoms with Crippen molar-refractivity contribution in [2.75, 3.05) is 5.32 Å². The highest BCUT2D eigenvalue weighted by atomic mass is 35.5. The van der Waals surface area contributed by atoms with E-state index in [1.54, 1.807) is 6.20 Å². The van der Waals surface area contributed by atoms with Crippen molar-refractivity contribution in [3.8, 4) is 0 Å². The van der Waals surface area contributed by atoms with E-state index >= 15 is 0 Å². The molecule has 0 aliphatic rings. The van der Waals surface area contributed by atoms with Crippen LogP contribution in [0, 0.1) is 13.8 Å². The van der Waals surface area contributed by atoms with Crippen LogP contribution in [-0.4, -0.2) is 14.8 Å². The minimum absolute atomic E-state index is 0.178. The predicted octanol–water partition coefficient (Wildman–Crippen LogP) is 3.26. The molecule has 0 aliphatic heterocycles. The molecule has 18 heavy (non-hydrogen) atoms. The van der Waals surface area contributed by atoms with E-state index in [1.807, 2.05) is 30.8 Å². The van der Waals surface area contributed by atoms with Gasteiger partial charge < -0.3 is 5.32 Å². The normalized spacial score (nSPS) is 12.5. The van der Waals surface area contributed by atoms with Gasteiger partial charge in [-0.25, -0.2) is 4.98 Å². The largest absolute Gasteiger partial charge is 0.378 e. The average Bonchev–Trinajstić information content (AvgIpc) is 2.53. The number of halogens is 1. The second-order valence-corrected chi connectivity index (χ2v) is 4.83. The van der Waals surface area contributed by atoms with Gasteiger partial charge in [0.2, 0.25) is 0 Å². The van der Waals surface area contributed by atoms with Crippen molar-refractivity contribution in [2.45, 2.75) is 26.8 Å². The first-order valence-corrected chi connectivity index (χ1v) is 6.25. The van der Waals surface area contributed by atoms with Crippen molar-refractivity contribution in [1.82, 2.24) is 14.8 Å². The van der Waals surface area contributed by atoms with Crippen LogP contribution in [0.15, 0.2) is 18.3 Å². The number of rotatable bonds is 3. The van der Waals surface area contributed by atoms with Crippen molar-refractivity contribution < 1.29 is 0 Å². The van der Waals surface area contributed by atoms with E-state index < -0.39 is 0 Å². The second kappa shape index (κ2) is 4.98. The lowest BCUT2D eigenvalue weighted by molar-refractivity contribution is 0.728. The fraction of sp³-hybridized carbons (Fsp3) is 0.385. The molecule has 0 bridgehead atoms. The zero-order valence-corrected chi connectivity index (χ0v) is 11.8. The summed E-state index contributed by atoms with van der Waals surface area (Å²) in [4.78, 5) is 3.97. The molecule has 0 fully saturated rings. The monoisotopic (exact) mass is 264 g/mol. The molecule has 5 heteroatoms. The fourth-order valence-corrected chi connectivity index (χ4v) is 2.40. The van der Waals surface area contributed by atoms with Crippen LogP contribution in [0.25, 0.3) is 0 Å². The van der Waals surface area contributed by atoms with Crippen LogP contribution in [0.2, 0.25) is 5.15 Å². The lowest BCUT2D eigenvalue weighted by atomic mass is 10.1. The second-order valence-electron chi connectivity index (χ2n) is 4.44. The van der Waals surface area contributed by atoms with Crippen molar-refractivity contribution in [1.29, 1.82) is 0 Å². The number of nitrogens with one attached hydrogen (secondary N) is 1. The smallest absolute Gasteiger partial charge is 0.131 e. The molecule has 1 unspecified atom stereocenters. The van der Waals surface area contributed by atoms with Crippen LogP contribution in [0.3, 0.4) is 0 Å². The summed E-state index contributed by atoms with van der Waals surface area (Å²) < 4.78 is 1.91. The Kier molecular flexibility index (Phi) is 3.57. The third-order valence-electron chi connectivity index (χ3n) is 3.11. The molecular weight excluding hydrogens is 248 g/mol. The number of hydrogen-bond acceptors (Lipinski definition) is 3. The first-order valence-electron chi connectivity index (χ1n) is 5.87. The summed E-state index contributed by atoms with van der Waals surface area (Å²) in [5, 5.41) is 8.34. The Morgan fingerprint density at radius 1 is 1.39 bits per heavy atom. The van der Waals surface area contributed by atoms with Crippen molar-refractivity contribution >= 4 is 17.3 Å². The highest BCUT2D eigenvalue weighted by Gasteiger charge is 2.16. The molecule has 0 aliphatic carbocycles. The maximum Gasteiger partial charge on any atom is 0.131 e. The zero-order chi connectivity index (χ0) is 13.3. The Labute approximate surface area is 112 Å². The third-order valence-corrected chi connectivity index (χ3v) is 3.31. The maximum atomic E-state index is 5.87. The molecule has 2 aromatic heterocycles. The van der Waals surface area contributed by atoms with E-state index in [4.69, 9.17) is 11.6 Å². The highest BCUT2D eigenvalue weighted by Crippen LogP contribution is 2.25. The van der Waals surface area contributed by atoms with Gasteiger partial charge in [0.1, 0.15) is 5.15 Å². The average molecular weight is 265 g/mol. The van der Waals surface area contributed by atoms with E-state index in [0.29, 0.717) is 5.15 Å². The molecule has 0 aromatic carbocycles. The number of anilines is 1. The number of hydrogen-bond donors (Lipinski definition) is 1. The Morgan fingerprint density at radius 3 is 2.67 bits per heavy atom. The molecule has 0 saturated heterocycles. The van der Waals surface area contributed by atoms with Crippen LogP contribution in [-0.2, 0) is 7.05 Å². The van der Waals surface area contributed by atoms with Gasteiger partial charge in [-0.3, -0.25) is 4.68 Å². The van der Waals surface area contributed by atoms with Gasteiger partial charge >= 0.3 is 0 Å². The molecule has 0 radical (unpaired) electrons. The summed E-state index contributed by atoms with van der Waals surface area (Å²) in [6, 6.07) is 3.90. The van der Waals surface area contributed by atoms with Gasteiger partial charge in [-0.2, -0.15) is 5.10 Å². The van der Waals surface area contributed by atoms with Gasteiger partial charge in [0.15, 0.2) is 0 Å². The van der Waals surface area contributed by atoms with Crippen LogP contribution in [0.5, 0.6) is 0 Å². The van der Waals surface area contributed by atoms with E-state index in [9.17, 15) is 0 Å². The van der Waals surface area contributed by atoms with E-state index in [-0.39, 0.29) is 6.04 Å². The first kappa shape index (κ1) is 12.9. The number of pyridine rings is 1. The SMILES string of the molecule is Cc1nn(C)c(C)c1C(C)Nc1ccnc(Cl)c1. The Balaban J connectivity index is 2.24. The van der Waals surface area contributed by atoms with E-state index in [0.717, 1.165) is 11.4 Å². The molecular formula is C13H17ClN4. The summed E-state index contributed by atoms with van der Waals surface area (Å²) in [7, 11) is 1.96. The van der Waals surface area contributed by atoms with Gasteiger partial charge in [-0.05, 0) is 32.9 Å². The summed E-state index contributed by atoms with van der Waals surface area (Å²) in [6.45, 7) is 6.22. The van der Waals surface area contributed by atoms with Crippen LogP contribution >= 0.6 is 11.6 Å². The molecule has 0 spiro atoms. The van der Waals surface area contributed by atoms with Gasteiger partial charge in [0.25, 0.3) is 0 Å². The number of aryl methyl sites for hydroxylation is 2. The minimum atomic E-state index is 0.178. The lowest BCUT2D eigenvalue weighted by Crippen LogP contribution is -2.09. The molecule has 2 heterocycles.